The zero-order valence-corrected chi connectivity index (χ0v) is 9.06. The van der Waals surface area contributed by atoms with Gasteiger partial charge in [-0.15, -0.1) is 0 Å². The molecule has 0 saturated carbocycles. The number of hydrogen-bond acceptors (Lipinski definition) is 2. The number of rotatable bonds is 2. The molecule has 0 spiro atoms. The van der Waals surface area contributed by atoms with Gasteiger partial charge in [-0.25, -0.2) is 0 Å². The summed E-state index contributed by atoms with van der Waals surface area (Å²) < 4.78 is 0. The molecule has 1 unspecified atom stereocenters. The number of aromatic nitrogens is 1. The highest BCUT2D eigenvalue weighted by Crippen LogP contribution is 2.32. The van der Waals surface area contributed by atoms with Crippen LogP contribution in [-0.4, -0.2) is 11.5 Å². The molecule has 1 atom stereocenters. The van der Waals surface area contributed by atoms with Crippen molar-refractivity contribution in [3.8, 4) is 0 Å². The molecule has 0 saturated heterocycles. The van der Waals surface area contributed by atoms with Crippen molar-refractivity contribution >= 4 is 5.69 Å². The molecule has 16 heavy (non-hydrogen) atoms. The summed E-state index contributed by atoms with van der Waals surface area (Å²) >= 11 is 0. The first-order valence-corrected chi connectivity index (χ1v) is 5.65. The molecule has 2 heteroatoms. The Bertz CT molecular complexity index is 479. The van der Waals surface area contributed by atoms with Crippen LogP contribution in [0.25, 0.3) is 0 Å². The Morgan fingerprint density at radius 2 is 2.12 bits per heavy atom. The van der Waals surface area contributed by atoms with Crippen molar-refractivity contribution in [3.05, 3.63) is 59.9 Å². The third-order valence-corrected chi connectivity index (χ3v) is 3.14. The van der Waals surface area contributed by atoms with E-state index in [4.69, 9.17) is 0 Å². The average molecular weight is 210 g/mol. The largest absolute Gasteiger partial charge is 0.384 e. The number of benzene rings is 1. The van der Waals surface area contributed by atoms with E-state index < -0.39 is 0 Å². The van der Waals surface area contributed by atoms with E-state index in [1.54, 1.807) is 0 Å². The van der Waals surface area contributed by atoms with Crippen molar-refractivity contribution < 1.29 is 0 Å². The molecule has 0 aliphatic carbocycles. The molecule has 1 N–H and O–H groups in total. The lowest BCUT2D eigenvalue weighted by atomic mass is 9.95. The van der Waals surface area contributed by atoms with Crippen LogP contribution >= 0.6 is 0 Å². The van der Waals surface area contributed by atoms with Crippen LogP contribution in [0.5, 0.6) is 0 Å². The van der Waals surface area contributed by atoms with Gasteiger partial charge >= 0.3 is 0 Å². The zero-order chi connectivity index (χ0) is 10.8. The van der Waals surface area contributed by atoms with E-state index >= 15 is 0 Å². The second kappa shape index (κ2) is 3.97. The Hall–Kier alpha value is -1.83. The fourth-order valence-corrected chi connectivity index (χ4v) is 2.34. The maximum Gasteiger partial charge on any atom is 0.0376 e. The summed E-state index contributed by atoms with van der Waals surface area (Å²) in [5.74, 6) is 0.584. The molecule has 1 aromatic carbocycles. The predicted octanol–water partition coefficient (Wildman–Crippen LogP) is 2.83. The zero-order valence-electron chi connectivity index (χ0n) is 9.06. The topological polar surface area (TPSA) is 24.9 Å². The Morgan fingerprint density at radius 3 is 3.00 bits per heavy atom. The van der Waals surface area contributed by atoms with Crippen LogP contribution in [-0.2, 0) is 6.42 Å². The van der Waals surface area contributed by atoms with E-state index in [1.807, 2.05) is 18.5 Å². The van der Waals surface area contributed by atoms with Crippen molar-refractivity contribution in [2.45, 2.75) is 12.3 Å². The summed E-state index contributed by atoms with van der Waals surface area (Å²) in [6, 6.07) is 12.7. The number of anilines is 1. The number of para-hydroxylation sites is 1. The lowest BCUT2D eigenvalue weighted by molar-refractivity contribution is 0.749. The van der Waals surface area contributed by atoms with Crippen LogP contribution in [0.3, 0.4) is 0 Å². The molecule has 0 fully saturated rings. The van der Waals surface area contributed by atoms with Crippen LogP contribution in [0.1, 0.15) is 17.0 Å². The minimum absolute atomic E-state index is 0.584. The van der Waals surface area contributed by atoms with Gasteiger partial charge in [0.1, 0.15) is 0 Å². The van der Waals surface area contributed by atoms with E-state index in [9.17, 15) is 0 Å². The Kier molecular flexibility index (Phi) is 2.33. The summed E-state index contributed by atoms with van der Waals surface area (Å²) in [7, 11) is 0. The van der Waals surface area contributed by atoms with E-state index in [1.165, 1.54) is 16.8 Å². The van der Waals surface area contributed by atoms with Gasteiger partial charge in [-0.3, -0.25) is 4.98 Å². The lowest BCUT2D eigenvalue weighted by Gasteiger charge is -2.09. The molecule has 80 valence electrons. The molecule has 0 amide bonds. The number of pyridine rings is 1. The molecule has 2 nitrogen and oxygen atoms in total. The van der Waals surface area contributed by atoms with Gasteiger partial charge in [0.2, 0.25) is 0 Å². The SMILES string of the molecule is c1cncc(CC2CNc3ccccc32)c1. The van der Waals surface area contributed by atoms with Gasteiger partial charge < -0.3 is 5.32 Å². The second-order valence-corrected chi connectivity index (χ2v) is 4.23. The third-order valence-electron chi connectivity index (χ3n) is 3.14. The smallest absolute Gasteiger partial charge is 0.0376 e. The number of fused-ring (bicyclic) bond motifs is 1. The molecule has 1 aliphatic rings. The minimum Gasteiger partial charge on any atom is -0.384 e. The van der Waals surface area contributed by atoms with E-state index in [0.717, 1.165) is 13.0 Å². The van der Waals surface area contributed by atoms with Gasteiger partial charge in [0, 0.05) is 30.5 Å². The number of hydrogen-bond donors (Lipinski definition) is 1. The summed E-state index contributed by atoms with van der Waals surface area (Å²) in [4.78, 5) is 4.16. The fraction of sp³-hybridized carbons (Fsp3) is 0.214. The molecule has 3 rings (SSSR count). The standard InChI is InChI=1S/C14H14N2/c1-2-6-14-13(5-1)12(10-16-14)8-11-4-3-7-15-9-11/h1-7,9,12,16H,8,10H2. The highest BCUT2D eigenvalue weighted by Gasteiger charge is 2.21. The van der Waals surface area contributed by atoms with Gasteiger partial charge in [0.15, 0.2) is 0 Å². The molecular formula is C14H14N2. The normalized spacial score (nSPS) is 17.9. The molecular weight excluding hydrogens is 196 g/mol. The van der Waals surface area contributed by atoms with Gasteiger partial charge in [0.25, 0.3) is 0 Å². The Morgan fingerprint density at radius 1 is 1.19 bits per heavy atom. The highest BCUT2D eigenvalue weighted by atomic mass is 14.9. The first kappa shape index (κ1) is 9.40. The first-order chi connectivity index (χ1) is 7.93. The molecule has 1 aliphatic heterocycles. The summed E-state index contributed by atoms with van der Waals surface area (Å²) in [6.07, 6.45) is 4.85. The van der Waals surface area contributed by atoms with Gasteiger partial charge in [0.05, 0.1) is 0 Å². The summed E-state index contributed by atoms with van der Waals surface area (Å²) in [5, 5.41) is 3.45. The number of nitrogens with one attached hydrogen (secondary N) is 1. The van der Waals surface area contributed by atoms with Crippen LogP contribution in [0.4, 0.5) is 5.69 Å². The monoisotopic (exact) mass is 210 g/mol. The molecule has 2 heterocycles. The van der Waals surface area contributed by atoms with Gasteiger partial charge in [-0.05, 0) is 29.7 Å². The minimum atomic E-state index is 0.584. The van der Waals surface area contributed by atoms with Crippen LogP contribution < -0.4 is 5.32 Å². The highest BCUT2D eigenvalue weighted by molar-refractivity contribution is 5.57. The maximum absolute atomic E-state index is 4.16. The maximum atomic E-state index is 4.16. The van der Waals surface area contributed by atoms with Crippen molar-refractivity contribution in [2.75, 3.05) is 11.9 Å². The van der Waals surface area contributed by atoms with Crippen LogP contribution in [0.15, 0.2) is 48.8 Å². The number of nitrogens with zero attached hydrogens (tertiary/aromatic N) is 1. The van der Waals surface area contributed by atoms with Crippen LogP contribution in [0, 0.1) is 0 Å². The van der Waals surface area contributed by atoms with E-state index in [0.29, 0.717) is 5.92 Å². The van der Waals surface area contributed by atoms with Crippen LogP contribution in [0.2, 0.25) is 0 Å². The first-order valence-electron chi connectivity index (χ1n) is 5.65. The molecule has 0 radical (unpaired) electrons. The predicted molar refractivity (Wildman–Crippen MR) is 65.6 cm³/mol. The Balaban J connectivity index is 1.84. The van der Waals surface area contributed by atoms with E-state index in [-0.39, 0.29) is 0 Å². The molecule has 0 bridgehead atoms. The third kappa shape index (κ3) is 1.67. The van der Waals surface area contributed by atoms with E-state index in [2.05, 4.69) is 40.6 Å². The van der Waals surface area contributed by atoms with Crippen molar-refractivity contribution in [3.63, 3.8) is 0 Å². The molecule has 2 aromatic rings. The van der Waals surface area contributed by atoms with Gasteiger partial charge in [-0.1, -0.05) is 24.3 Å². The van der Waals surface area contributed by atoms with Gasteiger partial charge in [-0.2, -0.15) is 0 Å². The lowest BCUT2D eigenvalue weighted by Crippen LogP contribution is -2.05. The molecule has 1 aromatic heterocycles. The summed E-state index contributed by atoms with van der Waals surface area (Å²) in [5.41, 5.74) is 4.04. The van der Waals surface area contributed by atoms with Crippen molar-refractivity contribution in [2.24, 2.45) is 0 Å². The summed E-state index contributed by atoms with van der Waals surface area (Å²) in [6.45, 7) is 1.04. The van der Waals surface area contributed by atoms with Crippen molar-refractivity contribution in [1.82, 2.24) is 4.98 Å². The average Bonchev–Trinajstić information content (AvgIpc) is 2.74. The fourth-order valence-electron chi connectivity index (χ4n) is 2.34. The second-order valence-electron chi connectivity index (χ2n) is 4.23. The quantitative estimate of drug-likeness (QED) is 0.824. The van der Waals surface area contributed by atoms with Crippen molar-refractivity contribution in [1.29, 1.82) is 0 Å². The Labute approximate surface area is 95.3 Å².